The smallest absolute Gasteiger partial charge is 0.480 e. The second-order valence-electron chi connectivity index (χ2n) is 2.70. The molecule has 0 aliphatic carbocycles. The van der Waals surface area contributed by atoms with E-state index in [9.17, 15) is 8.99 Å². The van der Waals surface area contributed by atoms with Gasteiger partial charge in [0.15, 0.2) is 0 Å². The molecule has 0 heterocycles. The van der Waals surface area contributed by atoms with Crippen LogP contribution in [0.15, 0.2) is 0 Å². The molecule has 16 heavy (non-hydrogen) atoms. The molecule has 0 aliphatic heterocycles. The lowest BCUT2D eigenvalue weighted by atomic mass is 10.1. The van der Waals surface area contributed by atoms with Crippen molar-refractivity contribution in [3.8, 4) is 0 Å². The second-order valence-corrected chi connectivity index (χ2v) is 3.65. The number of carboxylic acids is 1. The van der Waals surface area contributed by atoms with Gasteiger partial charge in [-0.3, -0.25) is 19.3 Å². The lowest BCUT2D eigenvalue weighted by Crippen LogP contribution is -2.29. The van der Waals surface area contributed by atoms with Crippen LogP contribution < -0.4 is 11.5 Å². The Hall–Kier alpha value is -0.600. The quantitative estimate of drug-likeness (QED) is 0.340. The van der Waals surface area contributed by atoms with Gasteiger partial charge in [0.25, 0.3) is 0 Å². The summed E-state index contributed by atoms with van der Waals surface area (Å²) in [6.45, 7) is 0.604. The molecule has 0 spiro atoms. The molecular formula is C6H17F2N2O5P. The van der Waals surface area contributed by atoms with E-state index in [2.05, 4.69) is 0 Å². The predicted molar refractivity (Wildman–Crippen MR) is 54.2 cm³/mol. The zero-order chi connectivity index (χ0) is 12.5. The fourth-order valence-corrected chi connectivity index (χ4v) is 0.632. The van der Waals surface area contributed by atoms with Gasteiger partial charge >= 0.3 is 13.9 Å². The van der Waals surface area contributed by atoms with Crippen LogP contribution in [0.25, 0.3) is 0 Å². The lowest BCUT2D eigenvalue weighted by molar-refractivity contribution is -0.138. The van der Waals surface area contributed by atoms with Crippen molar-refractivity contribution in [1.82, 2.24) is 0 Å². The molecule has 0 rings (SSSR count). The summed E-state index contributed by atoms with van der Waals surface area (Å²) in [6.07, 6.45) is 2.16. The summed E-state index contributed by atoms with van der Waals surface area (Å²) in [6, 6.07) is -0.716. The first-order valence-electron chi connectivity index (χ1n) is 4.12. The average molecular weight is 266 g/mol. The average Bonchev–Trinajstić information content (AvgIpc) is 2.01. The van der Waals surface area contributed by atoms with E-state index < -0.39 is 19.9 Å². The van der Waals surface area contributed by atoms with Crippen molar-refractivity contribution in [1.29, 1.82) is 0 Å². The SMILES string of the molecule is F.NCCCC[C@H](N)C(=O)O.O=P(O)(O)F. The lowest BCUT2D eigenvalue weighted by Gasteiger charge is -2.03. The zero-order valence-corrected chi connectivity index (χ0v) is 9.35. The molecule has 0 radical (unpaired) electrons. The number of nitrogens with two attached hydrogens (primary N) is 2. The van der Waals surface area contributed by atoms with E-state index in [4.69, 9.17) is 30.9 Å². The zero-order valence-electron chi connectivity index (χ0n) is 8.45. The second kappa shape index (κ2) is 10.9. The Bertz CT molecular complexity index is 217. The van der Waals surface area contributed by atoms with Crippen molar-refractivity contribution in [2.45, 2.75) is 25.3 Å². The maximum atomic E-state index is 10.4. The van der Waals surface area contributed by atoms with Crippen LogP contribution in [0.4, 0.5) is 8.90 Å². The number of aliphatic carboxylic acids is 1. The van der Waals surface area contributed by atoms with Crippen LogP contribution in [0.2, 0.25) is 0 Å². The van der Waals surface area contributed by atoms with Crippen molar-refractivity contribution in [2.75, 3.05) is 6.54 Å². The third-order valence-electron chi connectivity index (χ3n) is 1.29. The molecule has 10 heteroatoms. The Morgan fingerprint density at radius 1 is 1.38 bits per heavy atom. The number of rotatable bonds is 5. The first-order chi connectivity index (χ1) is 6.68. The van der Waals surface area contributed by atoms with Gasteiger partial charge in [0.05, 0.1) is 0 Å². The summed E-state index contributed by atoms with van der Waals surface area (Å²) in [5, 5.41) is 8.33. The highest BCUT2D eigenvalue weighted by Gasteiger charge is 2.09. The van der Waals surface area contributed by atoms with Crippen molar-refractivity contribution in [3.05, 3.63) is 0 Å². The molecule has 0 aromatic rings. The Balaban J connectivity index is -0.000000242. The maximum Gasteiger partial charge on any atom is 0.507 e. The first-order valence-corrected chi connectivity index (χ1v) is 5.62. The Kier molecular flexibility index (Phi) is 14.2. The third kappa shape index (κ3) is 29.2. The first kappa shape index (κ1) is 20.8. The number of carbonyl (C=O) groups is 1. The number of halogens is 2. The number of hydrogen-bond acceptors (Lipinski definition) is 4. The molecule has 1 atom stereocenters. The maximum absolute atomic E-state index is 10.4. The van der Waals surface area contributed by atoms with E-state index >= 15 is 0 Å². The highest BCUT2D eigenvalue weighted by molar-refractivity contribution is 7.45. The van der Waals surface area contributed by atoms with E-state index in [-0.39, 0.29) is 4.70 Å². The van der Waals surface area contributed by atoms with E-state index in [0.29, 0.717) is 13.0 Å². The van der Waals surface area contributed by atoms with Crippen molar-refractivity contribution in [3.63, 3.8) is 0 Å². The summed E-state index contributed by atoms with van der Waals surface area (Å²) in [5.74, 6) is -0.933. The minimum absolute atomic E-state index is 0. The van der Waals surface area contributed by atoms with E-state index in [0.717, 1.165) is 12.8 Å². The number of unbranched alkanes of at least 4 members (excludes halogenated alkanes) is 1. The standard InChI is InChI=1S/C6H14N2O2.FH2O3P.FH/c7-4-2-1-3-5(8)6(9)10;1-5(2,3)4;/h5H,1-4,7-8H2,(H,9,10);(H2,2,3,4);1H/t5-;;/m0../s1. The molecule has 0 amide bonds. The van der Waals surface area contributed by atoms with Gasteiger partial charge in [-0.1, -0.05) is 6.42 Å². The van der Waals surface area contributed by atoms with Gasteiger partial charge in [-0.15, -0.1) is 4.20 Å². The molecule has 0 unspecified atom stereocenters. The fourth-order valence-electron chi connectivity index (χ4n) is 0.632. The van der Waals surface area contributed by atoms with Crippen LogP contribution in [-0.2, 0) is 9.36 Å². The third-order valence-corrected chi connectivity index (χ3v) is 1.29. The molecule has 0 aliphatic rings. The summed E-state index contributed by atoms with van der Waals surface area (Å²) < 4.78 is 19.0. The van der Waals surface area contributed by atoms with Crippen LogP contribution in [0.1, 0.15) is 19.3 Å². The molecule has 100 valence electrons. The molecule has 0 saturated heterocycles. The van der Waals surface area contributed by atoms with Gasteiger partial charge < -0.3 is 16.6 Å². The Morgan fingerprint density at radius 2 is 1.75 bits per heavy atom. The molecule has 0 aromatic carbocycles. The van der Waals surface area contributed by atoms with Crippen molar-refractivity contribution < 1.29 is 33.2 Å². The van der Waals surface area contributed by atoms with E-state index in [1.54, 1.807) is 0 Å². The van der Waals surface area contributed by atoms with E-state index in [1.165, 1.54) is 0 Å². The highest BCUT2D eigenvalue weighted by atomic mass is 31.2. The fraction of sp³-hybridized carbons (Fsp3) is 0.833. The highest BCUT2D eigenvalue weighted by Crippen LogP contribution is 2.34. The number of hydrogen-bond donors (Lipinski definition) is 5. The topological polar surface area (TPSA) is 147 Å². The van der Waals surface area contributed by atoms with Crippen LogP contribution in [0, 0.1) is 0 Å². The molecular weight excluding hydrogens is 249 g/mol. The van der Waals surface area contributed by atoms with E-state index in [1.807, 2.05) is 0 Å². The van der Waals surface area contributed by atoms with Crippen LogP contribution in [0.3, 0.4) is 0 Å². The molecule has 0 aromatic heterocycles. The molecule has 7 nitrogen and oxygen atoms in total. The van der Waals surface area contributed by atoms with Gasteiger partial charge in [0.1, 0.15) is 6.04 Å². The Labute approximate surface area is 91.3 Å². The molecule has 0 bridgehead atoms. The van der Waals surface area contributed by atoms with Crippen molar-refractivity contribution in [2.24, 2.45) is 11.5 Å². The normalized spacial score (nSPS) is 11.8. The minimum Gasteiger partial charge on any atom is -0.480 e. The van der Waals surface area contributed by atoms with Gasteiger partial charge in [0, 0.05) is 0 Å². The number of carboxylic acid groups (broad SMARTS) is 1. The van der Waals surface area contributed by atoms with Crippen LogP contribution in [-0.4, -0.2) is 33.4 Å². The van der Waals surface area contributed by atoms with Gasteiger partial charge in [-0.25, -0.2) is 4.57 Å². The van der Waals surface area contributed by atoms with Gasteiger partial charge in [-0.05, 0) is 19.4 Å². The predicted octanol–water partition coefficient (Wildman–Crippen LogP) is -0.272. The molecule has 7 N–H and O–H groups in total. The minimum atomic E-state index is -5.14. The largest absolute Gasteiger partial charge is 0.507 e. The summed E-state index contributed by atoms with van der Waals surface area (Å²) >= 11 is 0. The summed E-state index contributed by atoms with van der Waals surface area (Å²) in [7, 11) is -5.14. The van der Waals surface area contributed by atoms with Crippen LogP contribution >= 0.6 is 7.91 Å². The molecule has 0 fully saturated rings. The van der Waals surface area contributed by atoms with Crippen molar-refractivity contribution >= 4 is 13.9 Å². The molecule has 0 saturated carbocycles. The monoisotopic (exact) mass is 266 g/mol. The summed E-state index contributed by atoms with van der Waals surface area (Å²) in [4.78, 5) is 24.1. The van der Waals surface area contributed by atoms with Crippen LogP contribution in [0.5, 0.6) is 0 Å². The Morgan fingerprint density at radius 3 is 2.00 bits per heavy atom. The van der Waals surface area contributed by atoms with Gasteiger partial charge in [-0.2, -0.15) is 0 Å². The van der Waals surface area contributed by atoms with Gasteiger partial charge in [0.2, 0.25) is 0 Å². The summed E-state index contributed by atoms with van der Waals surface area (Å²) in [5.41, 5.74) is 10.4.